The van der Waals surface area contributed by atoms with Crippen molar-refractivity contribution >= 4 is 23.4 Å². The van der Waals surface area contributed by atoms with Crippen LogP contribution >= 0.6 is 11.6 Å². The minimum atomic E-state index is -0.668. The Bertz CT molecular complexity index is 995. The summed E-state index contributed by atoms with van der Waals surface area (Å²) >= 11 is 5.92. The fraction of sp³-hybridized carbons (Fsp3) is 0.231. The van der Waals surface area contributed by atoms with E-state index in [4.69, 9.17) is 16.3 Å². The molecule has 1 atom stereocenters. The number of ether oxygens (including phenoxy) is 1. The zero-order valence-electron chi connectivity index (χ0n) is 18.0. The van der Waals surface area contributed by atoms with Crippen LogP contribution in [0.2, 0.25) is 5.02 Å². The van der Waals surface area contributed by atoms with Crippen LogP contribution in [0.15, 0.2) is 84.9 Å². The first-order valence-corrected chi connectivity index (χ1v) is 11.0. The lowest BCUT2D eigenvalue weighted by Crippen LogP contribution is -2.51. The smallest absolute Gasteiger partial charge is 0.261 e. The number of rotatable bonds is 10. The third-order valence-electron chi connectivity index (χ3n) is 4.99. The van der Waals surface area contributed by atoms with Gasteiger partial charge in [0.15, 0.2) is 6.61 Å². The van der Waals surface area contributed by atoms with Gasteiger partial charge in [-0.1, -0.05) is 72.3 Å². The van der Waals surface area contributed by atoms with E-state index in [2.05, 4.69) is 5.32 Å². The summed E-state index contributed by atoms with van der Waals surface area (Å²) in [5.41, 5.74) is 1.92. The van der Waals surface area contributed by atoms with Gasteiger partial charge in [0.1, 0.15) is 11.8 Å². The van der Waals surface area contributed by atoms with E-state index in [9.17, 15) is 9.59 Å². The van der Waals surface area contributed by atoms with Crippen molar-refractivity contribution in [1.82, 2.24) is 10.2 Å². The van der Waals surface area contributed by atoms with Crippen molar-refractivity contribution in [3.63, 3.8) is 0 Å². The number of hydrogen-bond donors (Lipinski definition) is 1. The van der Waals surface area contributed by atoms with E-state index in [-0.39, 0.29) is 18.4 Å². The molecule has 6 heteroatoms. The summed E-state index contributed by atoms with van der Waals surface area (Å²) in [6.07, 6.45) is 0.409. The second-order valence-corrected chi connectivity index (χ2v) is 7.79. The van der Waals surface area contributed by atoms with Crippen LogP contribution in [0.5, 0.6) is 5.75 Å². The molecule has 3 aromatic rings. The van der Waals surface area contributed by atoms with Gasteiger partial charge in [-0.3, -0.25) is 9.59 Å². The van der Waals surface area contributed by atoms with Crippen molar-refractivity contribution in [2.75, 3.05) is 13.2 Å². The van der Waals surface area contributed by atoms with Gasteiger partial charge in [0.25, 0.3) is 5.91 Å². The molecule has 0 aliphatic heterocycles. The van der Waals surface area contributed by atoms with Crippen LogP contribution in [-0.2, 0) is 22.6 Å². The molecule has 0 aliphatic rings. The monoisotopic (exact) mass is 450 g/mol. The Morgan fingerprint density at radius 3 is 2.09 bits per heavy atom. The topological polar surface area (TPSA) is 58.6 Å². The Kier molecular flexibility index (Phi) is 8.70. The number of benzene rings is 3. The number of nitrogens with zero attached hydrogens (tertiary/aromatic N) is 1. The number of halogens is 1. The maximum absolute atomic E-state index is 13.3. The van der Waals surface area contributed by atoms with Crippen LogP contribution in [0.4, 0.5) is 0 Å². The summed E-state index contributed by atoms with van der Waals surface area (Å²) in [5.74, 6) is 0.0862. The zero-order valence-corrected chi connectivity index (χ0v) is 18.8. The summed E-state index contributed by atoms with van der Waals surface area (Å²) in [4.78, 5) is 28.0. The Morgan fingerprint density at radius 1 is 0.906 bits per heavy atom. The Hall–Kier alpha value is -3.31. The van der Waals surface area contributed by atoms with Gasteiger partial charge in [0.05, 0.1) is 0 Å². The summed E-state index contributed by atoms with van der Waals surface area (Å²) in [7, 11) is 0. The first-order chi connectivity index (χ1) is 15.6. The van der Waals surface area contributed by atoms with Crippen molar-refractivity contribution in [2.24, 2.45) is 0 Å². The fourth-order valence-corrected chi connectivity index (χ4v) is 3.51. The molecule has 2 amide bonds. The van der Waals surface area contributed by atoms with Crippen molar-refractivity contribution in [1.29, 1.82) is 0 Å². The first kappa shape index (κ1) is 23.4. The highest BCUT2D eigenvalue weighted by atomic mass is 35.5. The van der Waals surface area contributed by atoms with Crippen LogP contribution in [0.3, 0.4) is 0 Å². The Balaban J connectivity index is 1.85. The number of amides is 2. The first-order valence-electron chi connectivity index (χ1n) is 10.6. The van der Waals surface area contributed by atoms with Gasteiger partial charge in [-0.15, -0.1) is 0 Å². The maximum atomic E-state index is 13.3. The van der Waals surface area contributed by atoms with Crippen LogP contribution in [-0.4, -0.2) is 35.9 Å². The van der Waals surface area contributed by atoms with Gasteiger partial charge in [-0.05, 0) is 42.3 Å². The van der Waals surface area contributed by atoms with Crippen molar-refractivity contribution in [3.8, 4) is 5.75 Å². The number of likely N-dealkylation sites (N-methyl/N-ethyl adjacent to an activating group) is 1. The normalized spacial score (nSPS) is 11.4. The fourth-order valence-electron chi connectivity index (χ4n) is 3.38. The van der Waals surface area contributed by atoms with Gasteiger partial charge in [0.2, 0.25) is 5.91 Å². The molecule has 32 heavy (non-hydrogen) atoms. The molecule has 0 radical (unpaired) electrons. The van der Waals surface area contributed by atoms with Gasteiger partial charge in [-0.2, -0.15) is 0 Å². The second-order valence-electron chi connectivity index (χ2n) is 7.35. The van der Waals surface area contributed by atoms with Gasteiger partial charge >= 0.3 is 0 Å². The average molecular weight is 451 g/mol. The summed E-state index contributed by atoms with van der Waals surface area (Å²) < 4.78 is 5.70. The van der Waals surface area contributed by atoms with Gasteiger partial charge in [0, 0.05) is 24.5 Å². The largest absolute Gasteiger partial charge is 0.484 e. The second kappa shape index (κ2) is 11.9. The molecule has 0 bridgehead atoms. The van der Waals surface area contributed by atoms with Gasteiger partial charge < -0.3 is 15.0 Å². The highest BCUT2D eigenvalue weighted by Crippen LogP contribution is 2.18. The molecular weight excluding hydrogens is 424 g/mol. The Morgan fingerprint density at radius 2 is 1.50 bits per heavy atom. The van der Waals surface area contributed by atoms with E-state index < -0.39 is 6.04 Å². The van der Waals surface area contributed by atoms with Crippen molar-refractivity contribution in [3.05, 3.63) is 101 Å². The molecule has 5 nitrogen and oxygen atoms in total. The standard InChI is InChI=1S/C26H27ClN2O3/c1-2-28-26(31)24(17-20-9-5-3-6-10-20)29(18-21-11-7-4-8-12-21)25(30)19-32-23-15-13-22(27)14-16-23/h3-16,24H,2,17-19H2,1H3,(H,28,31)/t24-/m0/s1. The van der Waals surface area contributed by atoms with E-state index in [1.165, 1.54) is 0 Å². The number of carbonyl (C=O) groups excluding carboxylic acids is 2. The molecule has 0 saturated carbocycles. The van der Waals surface area contributed by atoms with E-state index in [0.29, 0.717) is 30.3 Å². The highest BCUT2D eigenvalue weighted by molar-refractivity contribution is 6.30. The number of carbonyl (C=O) groups is 2. The minimum Gasteiger partial charge on any atom is -0.484 e. The van der Waals surface area contributed by atoms with Crippen LogP contribution in [0.1, 0.15) is 18.1 Å². The molecule has 3 aromatic carbocycles. The summed E-state index contributed by atoms with van der Waals surface area (Å²) in [6.45, 7) is 2.47. The maximum Gasteiger partial charge on any atom is 0.261 e. The lowest BCUT2D eigenvalue weighted by atomic mass is 10.0. The average Bonchev–Trinajstić information content (AvgIpc) is 2.82. The van der Waals surface area contributed by atoms with Gasteiger partial charge in [-0.25, -0.2) is 0 Å². The predicted octanol–water partition coefficient (Wildman–Crippen LogP) is 4.50. The molecule has 0 spiro atoms. The SMILES string of the molecule is CCNC(=O)[C@H](Cc1ccccc1)N(Cc1ccccc1)C(=O)COc1ccc(Cl)cc1. The molecule has 3 rings (SSSR count). The van der Waals surface area contributed by atoms with Crippen molar-refractivity contribution in [2.45, 2.75) is 25.9 Å². The third kappa shape index (κ3) is 6.86. The highest BCUT2D eigenvalue weighted by Gasteiger charge is 2.30. The molecule has 0 unspecified atom stereocenters. The summed E-state index contributed by atoms with van der Waals surface area (Å²) in [5, 5.41) is 3.47. The molecule has 0 heterocycles. The molecule has 0 saturated heterocycles. The van der Waals surface area contributed by atoms with Crippen LogP contribution in [0.25, 0.3) is 0 Å². The van der Waals surface area contributed by atoms with Crippen molar-refractivity contribution < 1.29 is 14.3 Å². The lowest BCUT2D eigenvalue weighted by Gasteiger charge is -2.31. The quantitative estimate of drug-likeness (QED) is 0.495. The molecule has 0 fully saturated rings. The van der Waals surface area contributed by atoms with E-state index in [1.54, 1.807) is 29.2 Å². The lowest BCUT2D eigenvalue weighted by molar-refractivity contribution is -0.142. The molecule has 166 valence electrons. The molecule has 0 aliphatic carbocycles. The minimum absolute atomic E-state index is 0.181. The molecule has 0 aromatic heterocycles. The van der Waals surface area contributed by atoms with E-state index in [0.717, 1.165) is 11.1 Å². The number of nitrogens with one attached hydrogen (secondary N) is 1. The summed E-state index contributed by atoms with van der Waals surface area (Å²) in [6, 6.07) is 25.5. The molecular formula is C26H27ClN2O3. The predicted molar refractivity (Wildman–Crippen MR) is 127 cm³/mol. The van der Waals surface area contributed by atoms with Crippen LogP contribution < -0.4 is 10.1 Å². The molecule has 1 N–H and O–H groups in total. The van der Waals surface area contributed by atoms with Crippen LogP contribution in [0, 0.1) is 0 Å². The van der Waals surface area contributed by atoms with E-state index >= 15 is 0 Å². The number of hydrogen-bond acceptors (Lipinski definition) is 3. The third-order valence-corrected chi connectivity index (χ3v) is 5.25. The zero-order chi connectivity index (χ0) is 22.8. The van der Waals surface area contributed by atoms with E-state index in [1.807, 2.05) is 67.6 Å². The Labute approximate surface area is 194 Å².